The molecule has 1 amide bonds. The quantitative estimate of drug-likeness (QED) is 0.912. The third kappa shape index (κ3) is 2.78. The Morgan fingerprint density at radius 1 is 1.30 bits per heavy atom. The summed E-state index contributed by atoms with van der Waals surface area (Å²) in [6.07, 6.45) is 4.89. The van der Waals surface area contributed by atoms with Crippen LogP contribution in [0.3, 0.4) is 0 Å². The Morgan fingerprint density at radius 3 is 2.57 bits per heavy atom. The van der Waals surface area contributed by atoms with Crippen molar-refractivity contribution >= 4 is 22.9 Å². The van der Waals surface area contributed by atoms with Crippen molar-refractivity contribution in [1.29, 1.82) is 0 Å². The highest BCUT2D eigenvalue weighted by molar-refractivity contribution is 5.99. The summed E-state index contributed by atoms with van der Waals surface area (Å²) in [5.74, 6) is -1.28. The number of carbonyl (C=O) groups excluding carboxylic acids is 1. The maximum atomic E-state index is 12.8. The molecule has 1 aliphatic carbocycles. The number of amides is 1. The van der Waals surface area contributed by atoms with Gasteiger partial charge in [-0.2, -0.15) is 5.10 Å². The number of fused-ring (bicyclic) bond motifs is 1. The molecule has 7 heteroatoms. The molecule has 23 heavy (non-hydrogen) atoms. The summed E-state index contributed by atoms with van der Waals surface area (Å²) in [5.41, 5.74) is 1.13. The lowest BCUT2D eigenvalue weighted by Crippen LogP contribution is -2.44. The first kappa shape index (κ1) is 15.5. The number of carboxylic acids is 1. The molecule has 1 fully saturated rings. The molecule has 3 rings (SSSR count). The van der Waals surface area contributed by atoms with Crippen molar-refractivity contribution in [1.82, 2.24) is 19.7 Å². The van der Waals surface area contributed by atoms with Crippen LogP contribution in [-0.2, 0) is 4.79 Å². The van der Waals surface area contributed by atoms with Crippen LogP contribution >= 0.6 is 0 Å². The fourth-order valence-corrected chi connectivity index (χ4v) is 2.71. The van der Waals surface area contributed by atoms with E-state index in [-0.39, 0.29) is 18.0 Å². The zero-order chi connectivity index (χ0) is 16.7. The Kier molecular flexibility index (Phi) is 3.79. The highest BCUT2D eigenvalue weighted by Gasteiger charge is 2.39. The highest BCUT2D eigenvalue weighted by atomic mass is 16.4. The molecule has 1 atom stereocenters. The number of carboxylic acid groups (broad SMARTS) is 1. The van der Waals surface area contributed by atoms with E-state index in [0.717, 1.165) is 23.9 Å². The fourth-order valence-electron chi connectivity index (χ4n) is 2.71. The molecule has 0 aromatic carbocycles. The van der Waals surface area contributed by atoms with Gasteiger partial charge in [-0.15, -0.1) is 0 Å². The Bertz CT molecular complexity index is 764. The van der Waals surface area contributed by atoms with E-state index < -0.39 is 12.0 Å². The van der Waals surface area contributed by atoms with Gasteiger partial charge >= 0.3 is 5.97 Å². The number of hydrogen-bond donors (Lipinski definition) is 1. The van der Waals surface area contributed by atoms with Gasteiger partial charge in [0.2, 0.25) is 0 Å². The molecule has 1 N–H and O–H groups in total. The molecular weight excluding hydrogens is 296 g/mol. The number of aliphatic carboxylic acids is 1. The second kappa shape index (κ2) is 5.64. The van der Waals surface area contributed by atoms with Crippen LogP contribution in [-0.4, -0.2) is 48.7 Å². The second-order valence-corrected chi connectivity index (χ2v) is 6.28. The van der Waals surface area contributed by atoms with Gasteiger partial charge in [-0.25, -0.2) is 14.5 Å². The molecule has 2 aromatic heterocycles. The Morgan fingerprint density at radius 2 is 2.00 bits per heavy atom. The number of nitrogens with zero attached hydrogens (tertiary/aromatic N) is 4. The van der Waals surface area contributed by atoms with Gasteiger partial charge < -0.3 is 10.0 Å². The van der Waals surface area contributed by atoms with Crippen molar-refractivity contribution in [2.75, 3.05) is 0 Å². The van der Waals surface area contributed by atoms with Gasteiger partial charge in [-0.05, 0) is 39.7 Å². The highest BCUT2D eigenvalue weighted by Crippen LogP contribution is 2.30. The molecule has 7 nitrogen and oxygen atoms in total. The minimum absolute atomic E-state index is 0.0164. The van der Waals surface area contributed by atoms with Crippen LogP contribution < -0.4 is 0 Å². The first-order chi connectivity index (χ1) is 10.9. The lowest BCUT2D eigenvalue weighted by Gasteiger charge is -2.26. The van der Waals surface area contributed by atoms with Crippen molar-refractivity contribution in [2.45, 2.75) is 51.7 Å². The van der Waals surface area contributed by atoms with Crippen molar-refractivity contribution in [3.05, 3.63) is 24.0 Å². The van der Waals surface area contributed by atoms with E-state index in [0.29, 0.717) is 5.56 Å². The zero-order valence-electron chi connectivity index (χ0n) is 13.4. The summed E-state index contributed by atoms with van der Waals surface area (Å²) in [4.78, 5) is 29.8. The summed E-state index contributed by atoms with van der Waals surface area (Å²) < 4.78 is 1.79. The average molecular weight is 316 g/mol. The molecule has 1 saturated carbocycles. The maximum Gasteiger partial charge on any atom is 0.326 e. The van der Waals surface area contributed by atoms with Crippen molar-refractivity contribution in [3.8, 4) is 0 Å². The minimum Gasteiger partial charge on any atom is -0.480 e. The molecule has 2 aromatic rings. The summed E-state index contributed by atoms with van der Waals surface area (Å²) in [6.45, 7) is 5.56. The normalized spacial score (nSPS) is 15.8. The van der Waals surface area contributed by atoms with Crippen LogP contribution in [0.25, 0.3) is 11.0 Å². The SMILES string of the molecule is CC(C(=O)O)N(C(=O)c1cnc2c(cnn2C(C)C)c1)C1CC1. The Labute approximate surface area is 133 Å². The van der Waals surface area contributed by atoms with E-state index in [9.17, 15) is 14.7 Å². The predicted molar refractivity (Wildman–Crippen MR) is 84.2 cm³/mol. The smallest absolute Gasteiger partial charge is 0.326 e. The van der Waals surface area contributed by atoms with Crippen molar-refractivity contribution in [2.24, 2.45) is 0 Å². The number of aromatic nitrogens is 3. The third-order valence-corrected chi connectivity index (χ3v) is 4.12. The molecule has 0 spiro atoms. The van der Waals surface area contributed by atoms with Crippen LogP contribution in [0.2, 0.25) is 0 Å². The largest absolute Gasteiger partial charge is 0.480 e. The number of pyridine rings is 1. The van der Waals surface area contributed by atoms with E-state index in [2.05, 4.69) is 10.1 Å². The van der Waals surface area contributed by atoms with E-state index in [1.54, 1.807) is 23.9 Å². The van der Waals surface area contributed by atoms with Crippen molar-refractivity contribution in [3.63, 3.8) is 0 Å². The van der Waals surface area contributed by atoms with Gasteiger partial charge in [-0.3, -0.25) is 4.79 Å². The molecule has 0 radical (unpaired) electrons. The molecule has 1 unspecified atom stereocenters. The maximum absolute atomic E-state index is 12.8. The van der Waals surface area contributed by atoms with Gasteiger partial charge in [0, 0.05) is 23.7 Å². The van der Waals surface area contributed by atoms with E-state index in [4.69, 9.17) is 0 Å². The summed E-state index contributed by atoms with van der Waals surface area (Å²) >= 11 is 0. The Balaban J connectivity index is 1.95. The summed E-state index contributed by atoms with van der Waals surface area (Å²) in [6, 6.07) is 1.09. The first-order valence-electron chi connectivity index (χ1n) is 7.79. The van der Waals surface area contributed by atoms with Gasteiger partial charge in [0.05, 0.1) is 11.8 Å². The van der Waals surface area contributed by atoms with Crippen LogP contribution in [0.15, 0.2) is 18.5 Å². The molecule has 122 valence electrons. The van der Waals surface area contributed by atoms with E-state index in [1.165, 1.54) is 11.1 Å². The van der Waals surface area contributed by atoms with Gasteiger partial charge in [0.25, 0.3) is 5.91 Å². The molecule has 0 bridgehead atoms. The fraction of sp³-hybridized carbons (Fsp3) is 0.500. The number of hydrogen-bond acceptors (Lipinski definition) is 4. The first-order valence-corrected chi connectivity index (χ1v) is 7.79. The topological polar surface area (TPSA) is 88.3 Å². The van der Waals surface area contributed by atoms with Crippen LogP contribution in [0.5, 0.6) is 0 Å². The van der Waals surface area contributed by atoms with Gasteiger partial charge in [-0.1, -0.05) is 0 Å². The minimum atomic E-state index is -0.994. The average Bonchev–Trinajstić information content (AvgIpc) is 3.24. The van der Waals surface area contributed by atoms with E-state index >= 15 is 0 Å². The molecule has 0 saturated heterocycles. The lowest BCUT2D eigenvalue weighted by atomic mass is 10.1. The molecule has 2 heterocycles. The molecule has 1 aliphatic rings. The van der Waals surface area contributed by atoms with Gasteiger partial charge in [0.15, 0.2) is 5.65 Å². The van der Waals surface area contributed by atoms with Crippen LogP contribution in [0, 0.1) is 0 Å². The molecular formula is C16H20N4O3. The predicted octanol–water partition coefficient (Wildman–Crippen LogP) is 2.09. The van der Waals surface area contributed by atoms with Crippen molar-refractivity contribution < 1.29 is 14.7 Å². The molecule has 0 aliphatic heterocycles. The Hall–Kier alpha value is -2.44. The van der Waals surface area contributed by atoms with Crippen LogP contribution in [0.4, 0.5) is 0 Å². The lowest BCUT2D eigenvalue weighted by molar-refractivity contribution is -0.141. The zero-order valence-corrected chi connectivity index (χ0v) is 13.4. The van der Waals surface area contributed by atoms with E-state index in [1.807, 2.05) is 13.8 Å². The number of carbonyl (C=O) groups is 2. The number of rotatable bonds is 5. The van der Waals surface area contributed by atoms with Crippen LogP contribution in [0.1, 0.15) is 50.0 Å². The second-order valence-electron chi connectivity index (χ2n) is 6.28. The monoisotopic (exact) mass is 316 g/mol. The summed E-state index contributed by atoms with van der Waals surface area (Å²) in [7, 11) is 0. The third-order valence-electron chi connectivity index (χ3n) is 4.12. The van der Waals surface area contributed by atoms with Gasteiger partial charge in [0.1, 0.15) is 6.04 Å². The standard InChI is InChI=1S/C16H20N4O3/c1-9(2)20-14-11(8-18-20)6-12(7-17-14)15(21)19(13-4-5-13)10(3)16(22)23/h6-10,13H,4-5H2,1-3H3,(H,22,23). The summed E-state index contributed by atoms with van der Waals surface area (Å²) in [5, 5.41) is 14.3.